The molecule has 1 amide bonds. The minimum absolute atomic E-state index is 0.0816. The van der Waals surface area contributed by atoms with Gasteiger partial charge in [0.25, 0.3) is 0 Å². The molecule has 18 heavy (non-hydrogen) atoms. The normalized spacial score (nSPS) is 29.9. The number of nitrogens with zero attached hydrogens (tertiary/aromatic N) is 2. The van der Waals surface area contributed by atoms with Crippen molar-refractivity contribution in [3.63, 3.8) is 0 Å². The molecular formula is C12H24N4O2. The summed E-state index contributed by atoms with van der Waals surface area (Å²) in [6.07, 6.45) is -0.128. The van der Waals surface area contributed by atoms with Crippen LogP contribution in [-0.4, -0.2) is 66.4 Å². The van der Waals surface area contributed by atoms with Gasteiger partial charge in [-0.1, -0.05) is 0 Å². The summed E-state index contributed by atoms with van der Waals surface area (Å²) in [5.41, 5.74) is 5.45. The number of ether oxygens (including phenoxy) is 1. The highest BCUT2D eigenvalue weighted by atomic mass is 16.6. The van der Waals surface area contributed by atoms with Gasteiger partial charge in [0.05, 0.1) is 12.2 Å². The van der Waals surface area contributed by atoms with Crippen molar-refractivity contribution in [1.82, 2.24) is 15.1 Å². The standard InChI is InChI=1S/C12H24N4O2/c1-12(2,3)18-11(17)16-6-4-15(5-7-16)9-8-14-10(9)13/h9-10,14H,4-8,13H2,1-3H3/t9-,10?/m1/s1. The molecule has 0 aromatic heterocycles. The molecule has 0 spiro atoms. The molecule has 0 radical (unpaired) electrons. The topological polar surface area (TPSA) is 70.8 Å². The van der Waals surface area contributed by atoms with Crippen molar-refractivity contribution in [3.05, 3.63) is 0 Å². The lowest BCUT2D eigenvalue weighted by atomic mass is 10.1. The lowest BCUT2D eigenvalue weighted by Crippen LogP contribution is -2.71. The van der Waals surface area contributed by atoms with Crippen LogP contribution in [0.5, 0.6) is 0 Å². The van der Waals surface area contributed by atoms with Gasteiger partial charge in [0, 0.05) is 32.7 Å². The molecule has 2 heterocycles. The van der Waals surface area contributed by atoms with Crippen LogP contribution >= 0.6 is 0 Å². The van der Waals surface area contributed by atoms with Crippen molar-refractivity contribution in [2.24, 2.45) is 5.73 Å². The largest absolute Gasteiger partial charge is 0.444 e. The Morgan fingerprint density at radius 3 is 2.28 bits per heavy atom. The zero-order chi connectivity index (χ0) is 13.3. The highest BCUT2D eigenvalue weighted by Gasteiger charge is 2.35. The molecule has 2 aliphatic rings. The second-order valence-electron chi connectivity index (χ2n) is 6.00. The highest BCUT2D eigenvalue weighted by molar-refractivity contribution is 5.68. The van der Waals surface area contributed by atoms with Gasteiger partial charge >= 0.3 is 6.09 Å². The fourth-order valence-electron chi connectivity index (χ4n) is 2.28. The Morgan fingerprint density at radius 2 is 1.89 bits per heavy atom. The number of amides is 1. The van der Waals surface area contributed by atoms with E-state index in [4.69, 9.17) is 10.5 Å². The van der Waals surface area contributed by atoms with E-state index in [-0.39, 0.29) is 12.3 Å². The maximum Gasteiger partial charge on any atom is 0.410 e. The molecule has 2 atom stereocenters. The lowest BCUT2D eigenvalue weighted by molar-refractivity contribution is 0.00198. The maximum atomic E-state index is 11.9. The molecule has 0 aliphatic carbocycles. The molecule has 2 saturated heterocycles. The van der Waals surface area contributed by atoms with Gasteiger partial charge in [0.1, 0.15) is 5.60 Å². The number of hydrogen-bond donors (Lipinski definition) is 2. The number of nitrogens with two attached hydrogens (primary N) is 1. The molecule has 104 valence electrons. The summed E-state index contributed by atoms with van der Waals surface area (Å²) in [7, 11) is 0. The number of nitrogens with one attached hydrogen (secondary N) is 1. The first-order chi connectivity index (χ1) is 8.37. The summed E-state index contributed by atoms with van der Waals surface area (Å²) in [4.78, 5) is 16.0. The van der Waals surface area contributed by atoms with Crippen LogP contribution in [0, 0.1) is 0 Å². The predicted octanol–water partition coefficient (Wildman–Crippen LogP) is -0.204. The number of carbonyl (C=O) groups is 1. The molecule has 0 saturated carbocycles. The number of piperazine rings is 1. The number of carbonyl (C=O) groups excluding carboxylic acids is 1. The minimum atomic E-state index is -0.422. The SMILES string of the molecule is CC(C)(C)OC(=O)N1CCN([C@@H]2CNC2N)CC1. The van der Waals surface area contributed by atoms with Crippen LogP contribution in [0.3, 0.4) is 0 Å². The van der Waals surface area contributed by atoms with E-state index >= 15 is 0 Å². The molecule has 1 unspecified atom stereocenters. The Bertz CT molecular complexity index is 308. The average molecular weight is 256 g/mol. The predicted molar refractivity (Wildman–Crippen MR) is 69.1 cm³/mol. The number of rotatable bonds is 1. The molecule has 2 aliphatic heterocycles. The van der Waals surface area contributed by atoms with Gasteiger partial charge in [0.2, 0.25) is 0 Å². The van der Waals surface area contributed by atoms with Gasteiger partial charge in [-0.15, -0.1) is 0 Å². The van der Waals surface area contributed by atoms with E-state index in [1.807, 2.05) is 20.8 Å². The first-order valence-electron chi connectivity index (χ1n) is 6.58. The summed E-state index contributed by atoms with van der Waals surface area (Å²) in [5.74, 6) is 0. The third-order valence-corrected chi connectivity index (χ3v) is 3.41. The molecule has 2 fully saturated rings. The molecule has 0 bridgehead atoms. The summed E-state index contributed by atoms with van der Waals surface area (Å²) in [6.45, 7) is 9.81. The van der Waals surface area contributed by atoms with Crippen molar-refractivity contribution in [2.75, 3.05) is 32.7 Å². The Hall–Kier alpha value is -0.850. The molecule has 6 heteroatoms. The van der Waals surface area contributed by atoms with E-state index in [2.05, 4.69) is 10.2 Å². The summed E-state index contributed by atoms with van der Waals surface area (Å²) in [5, 5.41) is 3.15. The lowest BCUT2D eigenvalue weighted by Gasteiger charge is -2.46. The van der Waals surface area contributed by atoms with Crippen molar-refractivity contribution in [3.8, 4) is 0 Å². The third kappa shape index (κ3) is 3.13. The van der Waals surface area contributed by atoms with Gasteiger partial charge in [-0.2, -0.15) is 0 Å². The fraction of sp³-hybridized carbons (Fsp3) is 0.917. The molecule has 3 N–H and O–H groups in total. The van der Waals surface area contributed by atoms with E-state index in [9.17, 15) is 4.79 Å². The van der Waals surface area contributed by atoms with Gasteiger partial charge in [-0.3, -0.25) is 10.2 Å². The third-order valence-electron chi connectivity index (χ3n) is 3.41. The zero-order valence-corrected chi connectivity index (χ0v) is 11.5. The van der Waals surface area contributed by atoms with Crippen molar-refractivity contribution < 1.29 is 9.53 Å². The second-order valence-corrected chi connectivity index (χ2v) is 6.00. The van der Waals surface area contributed by atoms with Crippen molar-refractivity contribution >= 4 is 6.09 Å². The van der Waals surface area contributed by atoms with Crippen LogP contribution in [0.15, 0.2) is 0 Å². The quantitative estimate of drug-likeness (QED) is 0.679. The highest BCUT2D eigenvalue weighted by Crippen LogP contribution is 2.15. The van der Waals surface area contributed by atoms with Crippen LogP contribution in [-0.2, 0) is 4.74 Å². The summed E-state index contributed by atoms with van der Waals surface area (Å²) in [6, 6.07) is 0.422. The molecular weight excluding hydrogens is 232 g/mol. The van der Waals surface area contributed by atoms with Gasteiger partial charge < -0.3 is 15.4 Å². The average Bonchev–Trinajstić information content (AvgIpc) is 2.25. The van der Waals surface area contributed by atoms with E-state index < -0.39 is 5.60 Å². The first kappa shape index (κ1) is 13.6. The van der Waals surface area contributed by atoms with E-state index in [0.717, 1.165) is 32.7 Å². The van der Waals surface area contributed by atoms with Gasteiger partial charge in [-0.05, 0) is 20.8 Å². The monoisotopic (exact) mass is 256 g/mol. The van der Waals surface area contributed by atoms with Crippen LogP contribution < -0.4 is 11.1 Å². The van der Waals surface area contributed by atoms with E-state index in [1.54, 1.807) is 4.90 Å². The van der Waals surface area contributed by atoms with Gasteiger partial charge in [0.15, 0.2) is 0 Å². The fourth-order valence-corrected chi connectivity index (χ4v) is 2.28. The second kappa shape index (κ2) is 5.03. The first-order valence-corrected chi connectivity index (χ1v) is 6.58. The Balaban J connectivity index is 1.78. The molecule has 0 aromatic rings. The van der Waals surface area contributed by atoms with E-state index in [1.165, 1.54) is 0 Å². The molecule has 0 aromatic carbocycles. The zero-order valence-electron chi connectivity index (χ0n) is 11.5. The smallest absolute Gasteiger partial charge is 0.410 e. The Kier molecular flexibility index (Phi) is 3.79. The Labute approximate surface area is 108 Å². The van der Waals surface area contributed by atoms with Crippen molar-refractivity contribution in [1.29, 1.82) is 0 Å². The van der Waals surface area contributed by atoms with Crippen LogP contribution in [0.25, 0.3) is 0 Å². The van der Waals surface area contributed by atoms with Crippen LogP contribution in [0.1, 0.15) is 20.8 Å². The number of hydrogen-bond acceptors (Lipinski definition) is 5. The summed E-state index contributed by atoms with van der Waals surface area (Å²) < 4.78 is 5.37. The van der Waals surface area contributed by atoms with Gasteiger partial charge in [-0.25, -0.2) is 4.79 Å². The van der Waals surface area contributed by atoms with Crippen LogP contribution in [0.2, 0.25) is 0 Å². The maximum absolute atomic E-state index is 11.9. The molecule has 2 rings (SSSR count). The Morgan fingerprint density at radius 1 is 1.28 bits per heavy atom. The minimum Gasteiger partial charge on any atom is -0.444 e. The molecule has 6 nitrogen and oxygen atoms in total. The van der Waals surface area contributed by atoms with E-state index in [0.29, 0.717) is 6.04 Å². The van der Waals surface area contributed by atoms with Crippen LogP contribution in [0.4, 0.5) is 4.79 Å². The summed E-state index contributed by atoms with van der Waals surface area (Å²) >= 11 is 0. The van der Waals surface area contributed by atoms with Crippen molar-refractivity contribution in [2.45, 2.75) is 38.6 Å².